The van der Waals surface area contributed by atoms with Crippen LogP contribution in [0.15, 0.2) is 30.6 Å². The van der Waals surface area contributed by atoms with E-state index in [1.807, 2.05) is 22.9 Å². The van der Waals surface area contributed by atoms with Gasteiger partial charge in [-0.2, -0.15) is 5.10 Å². The molecule has 0 aliphatic heterocycles. The quantitative estimate of drug-likeness (QED) is 0.872. The highest BCUT2D eigenvalue weighted by molar-refractivity contribution is 5.33. The molecule has 96 valence electrons. The molecule has 0 aliphatic rings. The first-order chi connectivity index (χ1) is 8.77. The molecule has 2 heterocycles. The van der Waals surface area contributed by atoms with Crippen molar-refractivity contribution in [3.63, 3.8) is 0 Å². The van der Waals surface area contributed by atoms with Crippen LogP contribution in [0.4, 0.5) is 0 Å². The van der Waals surface area contributed by atoms with Crippen LogP contribution >= 0.6 is 0 Å². The maximum absolute atomic E-state index is 6.26. The third kappa shape index (κ3) is 2.36. The number of ether oxygens (including phenoxy) is 1. The largest absolute Gasteiger partial charge is 0.493 e. The molecule has 2 aromatic heterocycles. The Morgan fingerprint density at radius 2 is 2.28 bits per heavy atom. The molecule has 2 N–H and O–H groups in total. The van der Waals surface area contributed by atoms with Gasteiger partial charge in [-0.3, -0.25) is 9.67 Å². The molecule has 0 aliphatic carbocycles. The first-order valence-corrected chi connectivity index (χ1v) is 6.04. The van der Waals surface area contributed by atoms with Crippen LogP contribution in [0.5, 0.6) is 5.75 Å². The maximum atomic E-state index is 6.26. The standard InChI is InChI=1S/C13H18N4O/c1-3-8-17-13(11(18-2)9-16-17)12(14)10-6-4-5-7-15-10/h4-7,9,12H,3,8,14H2,1-2H3. The van der Waals surface area contributed by atoms with Crippen LogP contribution in [0.2, 0.25) is 0 Å². The minimum Gasteiger partial charge on any atom is -0.493 e. The van der Waals surface area contributed by atoms with E-state index in [2.05, 4.69) is 17.0 Å². The smallest absolute Gasteiger partial charge is 0.161 e. The van der Waals surface area contributed by atoms with E-state index in [0.717, 1.165) is 24.4 Å². The molecule has 1 atom stereocenters. The van der Waals surface area contributed by atoms with Gasteiger partial charge in [0.05, 0.1) is 25.0 Å². The molecular formula is C13H18N4O. The van der Waals surface area contributed by atoms with E-state index in [1.54, 1.807) is 19.5 Å². The summed E-state index contributed by atoms with van der Waals surface area (Å²) in [5.74, 6) is 0.710. The molecule has 1 unspecified atom stereocenters. The van der Waals surface area contributed by atoms with Crippen molar-refractivity contribution in [2.24, 2.45) is 5.73 Å². The van der Waals surface area contributed by atoms with Gasteiger partial charge in [0.2, 0.25) is 0 Å². The molecule has 2 aromatic rings. The van der Waals surface area contributed by atoms with Crippen molar-refractivity contribution in [3.8, 4) is 5.75 Å². The summed E-state index contributed by atoms with van der Waals surface area (Å²) in [4.78, 5) is 4.29. The third-order valence-electron chi connectivity index (χ3n) is 2.80. The molecule has 0 aromatic carbocycles. The highest BCUT2D eigenvalue weighted by Crippen LogP contribution is 2.27. The zero-order chi connectivity index (χ0) is 13.0. The minimum absolute atomic E-state index is 0.324. The van der Waals surface area contributed by atoms with Gasteiger partial charge in [-0.15, -0.1) is 0 Å². The summed E-state index contributed by atoms with van der Waals surface area (Å²) in [5.41, 5.74) is 7.95. The molecular weight excluding hydrogens is 228 g/mol. The molecule has 2 rings (SSSR count). The van der Waals surface area contributed by atoms with E-state index in [9.17, 15) is 0 Å². The van der Waals surface area contributed by atoms with Crippen LogP contribution in [0.1, 0.15) is 30.8 Å². The fourth-order valence-corrected chi connectivity index (χ4v) is 1.94. The lowest BCUT2D eigenvalue weighted by Crippen LogP contribution is -2.19. The number of hydrogen-bond donors (Lipinski definition) is 1. The van der Waals surface area contributed by atoms with E-state index >= 15 is 0 Å². The van der Waals surface area contributed by atoms with Gasteiger partial charge in [0.1, 0.15) is 5.69 Å². The molecule has 5 nitrogen and oxygen atoms in total. The first kappa shape index (κ1) is 12.6. The number of aryl methyl sites for hydroxylation is 1. The summed E-state index contributed by atoms with van der Waals surface area (Å²) < 4.78 is 7.21. The monoisotopic (exact) mass is 246 g/mol. The number of nitrogens with two attached hydrogens (primary N) is 1. The zero-order valence-electron chi connectivity index (χ0n) is 10.7. The van der Waals surface area contributed by atoms with Crippen LogP contribution < -0.4 is 10.5 Å². The fourth-order valence-electron chi connectivity index (χ4n) is 1.94. The molecule has 0 fully saturated rings. The Labute approximate surface area is 107 Å². The number of methoxy groups -OCH3 is 1. The van der Waals surface area contributed by atoms with Gasteiger partial charge >= 0.3 is 0 Å². The van der Waals surface area contributed by atoms with Crippen LogP contribution in [-0.2, 0) is 6.54 Å². The van der Waals surface area contributed by atoms with Gasteiger partial charge < -0.3 is 10.5 Å². The summed E-state index contributed by atoms with van der Waals surface area (Å²) in [5, 5.41) is 4.31. The number of aromatic nitrogens is 3. The lowest BCUT2D eigenvalue weighted by atomic mass is 10.1. The molecule has 0 saturated heterocycles. The number of pyridine rings is 1. The Morgan fingerprint density at radius 3 is 2.89 bits per heavy atom. The molecule has 0 amide bonds. The predicted molar refractivity (Wildman–Crippen MR) is 69.3 cm³/mol. The summed E-state index contributed by atoms with van der Waals surface area (Å²) in [6.45, 7) is 2.92. The average Bonchev–Trinajstić information content (AvgIpc) is 2.82. The van der Waals surface area contributed by atoms with Crippen molar-refractivity contribution < 1.29 is 4.74 Å². The Hall–Kier alpha value is -1.88. The SMILES string of the molecule is CCCn1ncc(OC)c1C(N)c1ccccn1. The molecule has 0 saturated carbocycles. The van der Waals surface area contributed by atoms with Crippen LogP contribution in [0.25, 0.3) is 0 Å². The van der Waals surface area contributed by atoms with Crippen molar-refractivity contribution in [1.82, 2.24) is 14.8 Å². The van der Waals surface area contributed by atoms with E-state index < -0.39 is 0 Å². The average molecular weight is 246 g/mol. The summed E-state index contributed by atoms with van der Waals surface area (Å²) >= 11 is 0. The molecule has 5 heteroatoms. The van der Waals surface area contributed by atoms with Crippen molar-refractivity contribution >= 4 is 0 Å². The Morgan fingerprint density at radius 1 is 1.44 bits per heavy atom. The number of rotatable bonds is 5. The van der Waals surface area contributed by atoms with Gasteiger partial charge in [0, 0.05) is 12.7 Å². The van der Waals surface area contributed by atoms with Crippen molar-refractivity contribution in [2.45, 2.75) is 25.9 Å². The summed E-state index contributed by atoms with van der Waals surface area (Å²) in [6.07, 6.45) is 4.43. The number of hydrogen-bond acceptors (Lipinski definition) is 4. The van der Waals surface area contributed by atoms with Crippen molar-refractivity contribution in [1.29, 1.82) is 0 Å². The molecule has 0 radical (unpaired) electrons. The second-order valence-electron chi connectivity index (χ2n) is 4.05. The van der Waals surface area contributed by atoms with Gasteiger partial charge in [-0.05, 0) is 18.6 Å². The second-order valence-corrected chi connectivity index (χ2v) is 4.05. The molecule has 18 heavy (non-hydrogen) atoms. The second kappa shape index (κ2) is 5.64. The maximum Gasteiger partial charge on any atom is 0.161 e. The van der Waals surface area contributed by atoms with Crippen molar-refractivity contribution in [2.75, 3.05) is 7.11 Å². The van der Waals surface area contributed by atoms with E-state index in [0.29, 0.717) is 5.75 Å². The van der Waals surface area contributed by atoms with Gasteiger partial charge in [-0.25, -0.2) is 0 Å². The number of nitrogens with zero attached hydrogens (tertiary/aromatic N) is 3. The lowest BCUT2D eigenvalue weighted by Gasteiger charge is -2.15. The zero-order valence-corrected chi connectivity index (χ0v) is 10.7. The van der Waals surface area contributed by atoms with E-state index in [1.165, 1.54) is 0 Å². The summed E-state index contributed by atoms with van der Waals surface area (Å²) in [7, 11) is 1.63. The third-order valence-corrected chi connectivity index (χ3v) is 2.80. The van der Waals surface area contributed by atoms with Crippen LogP contribution in [0.3, 0.4) is 0 Å². The van der Waals surface area contributed by atoms with Gasteiger partial charge in [0.25, 0.3) is 0 Å². The van der Waals surface area contributed by atoms with Crippen molar-refractivity contribution in [3.05, 3.63) is 42.0 Å². The van der Waals surface area contributed by atoms with Crippen LogP contribution in [-0.4, -0.2) is 21.9 Å². The highest BCUT2D eigenvalue weighted by atomic mass is 16.5. The first-order valence-electron chi connectivity index (χ1n) is 6.04. The van der Waals surface area contributed by atoms with Crippen LogP contribution in [0, 0.1) is 0 Å². The van der Waals surface area contributed by atoms with E-state index in [4.69, 9.17) is 10.5 Å². The highest BCUT2D eigenvalue weighted by Gasteiger charge is 2.20. The van der Waals surface area contributed by atoms with Gasteiger partial charge in [-0.1, -0.05) is 13.0 Å². The Balaban J connectivity index is 2.39. The normalized spacial score (nSPS) is 12.4. The van der Waals surface area contributed by atoms with Gasteiger partial charge in [0.15, 0.2) is 5.75 Å². The summed E-state index contributed by atoms with van der Waals surface area (Å²) in [6, 6.07) is 5.38. The predicted octanol–water partition coefficient (Wildman–Crippen LogP) is 1.74. The molecule has 0 spiro atoms. The Bertz CT molecular complexity index is 495. The lowest BCUT2D eigenvalue weighted by molar-refractivity contribution is 0.403. The fraction of sp³-hybridized carbons (Fsp3) is 0.385. The minimum atomic E-state index is -0.324. The topological polar surface area (TPSA) is 66.0 Å². The Kier molecular flexibility index (Phi) is 3.94. The molecule has 0 bridgehead atoms. The van der Waals surface area contributed by atoms with E-state index in [-0.39, 0.29) is 6.04 Å².